The number of aryl methyl sites for hydroxylation is 2. The predicted octanol–water partition coefficient (Wildman–Crippen LogP) is 1.36. The lowest BCUT2D eigenvalue weighted by Gasteiger charge is -1.86. The molecule has 0 amide bonds. The molecule has 4 heteroatoms. The highest BCUT2D eigenvalue weighted by Gasteiger charge is 2.07. The number of nitriles is 1. The van der Waals surface area contributed by atoms with E-state index in [1.807, 2.05) is 13.0 Å². The maximum absolute atomic E-state index is 8.57. The van der Waals surface area contributed by atoms with Gasteiger partial charge in [-0.2, -0.15) is 10.4 Å². The van der Waals surface area contributed by atoms with Crippen LogP contribution >= 0.6 is 15.9 Å². The van der Waals surface area contributed by atoms with Crippen LogP contribution in [-0.4, -0.2) is 9.78 Å². The number of hydrogen-bond acceptors (Lipinski definition) is 2. The third kappa shape index (κ3) is 0.929. The molecule has 52 valence electrons. The molecule has 0 aliphatic carbocycles. The normalized spacial score (nSPS) is 9.40. The van der Waals surface area contributed by atoms with Crippen molar-refractivity contribution < 1.29 is 0 Å². The number of hydrogen-bond donors (Lipinski definition) is 0. The number of halogens is 1. The van der Waals surface area contributed by atoms with E-state index in [1.165, 1.54) is 0 Å². The van der Waals surface area contributed by atoms with Gasteiger partial charge >= 0.3 is 0 Å². The van der Waals surface area contributed by atoms with Crippen LogP contribution in [-0.2, 0) is 7.05 Å². The molecule has 0 N–H and O–H groups in total. The van der Waals surface area contributed by atoms with Gasteiger partial charge in [-0.15, -0.1) is 0 Å². The molecule has 3 nitrogen and oxygen atoms in total. The van der Waals surface area contributed by atoms with Gasteiger partial charge < -0.3 is 0 Å². The van der Waals surface area contributed by atoms with Gasteiger partial charge in [-0.05, 0) is 22.9 Å². The summed E-state index contributed by atoms with van der Waals surface area (Å²) in [6, 6.07) is 2.04. The minimum absolute atomic E-state index is 0.567. The standard InChI is InChI=1S/C6H6BrN3/c1-4-6(7)5(3-8)10(2)9-4/h1-2H3. The smallest absolute Gasteiger partial charge is 0.152 e. The Bertz CT molecular complexity index is 295. The molecule has 0 aromatic carbocycles. The first kappa shape index (κ1) is 7.29. The van der Waals surface area contributed by atoms with Crippen molar-refractivity contribution in [3.63, 3.8) is 0 Å². The van der Waals surface area contributed by atoms with E-state index in [2.05, 4.69) is 21.0 Å². The van der Waals surface area contributed by atoms with Gasteiger partial charge in [0.1, 0.15) is 6.07 Å². The van der Waals surface area contributed by atoms with Crippen molar-refractivity contribution in [2.24, 2.45) is 7.05 Å². The number of nitrogens with zero attached hydrogens (tertiary/aromatic N) is 3. The molecule has 0 fully saturated rings. The number of aromatic nitrogens is 2. The summed E-state index contributed by atoms with van der Waals surface area (Å²) in [5, 5.41) is 12.6. The van der Waals surface area contributed by atoms with Crippen LogP contribution in [0.2, 0.25) is 0 Å². The summed E-state index contributed by atoms with van der Waals surface area (Å²) in [4.78, 5) is 0. The molecule has 0 aliphatic heterocycles. The molecule has 0 saturated carbocycles. The van der Waals surface area contributed by atoms with E-state index in [0.29, 0.717) is 5.69 Å². The molecule has 0 unspecified atom stereocenters. The molecule has 0 atom stereocenters. The van der Waals surface area contributed by atoms with Crippen LogP contribution in [0.4, 0.5) is 0 Å². The lowest BCUT2D eigenvalue weighted by atomic mass is 10.4. The Labute approximate surface area is 67.4 Å². The second-order valence-electron chi connectivity index (χ2n) is 1.98. The summed E-state index contributed by atoms with van der Waals surface area (Å²) < 4.78 is 2.34. The van der Waals surface area contributed by atoms with Crippen LogP contribution < -0.4 is 0 Å². The number of rotatable bonds is 0. The molecule has 0 bridgehead atoms. The van der Waals surface area contributed by atoms with E-state index in [9.17, 15) is 0 Å². The fraction of sp³-hybridized carbons (Fsp3) is 0.333. The highest BCUT2D eigenvalue weighted by molar-refractivity contribution is 9.10. The SMILES string of the molecule is Cc1nn(C)c(C#N)c1Br. The Kier molecular flexibility index (Phi) is 1.77. The third-order valence-corrected chi connectivity index (χ3v) is 2.20. The minimum atomic E-state index is 0.567. The second kappa shape index (κ2) is 2.43. The van der Waals surface area contributed by atoms with Crippen LogP contribution in [0.5, 0.6) is 0 Å². The molecule has 1 aromatic heterocycles. The molecule has 0 spiro atoms. The zero-order valence-corrected chi connectivity index (χ0v) is 7.31. The lowest BCUT2D eigenvalue weighted by Crippen LogP contribution is -1.93. The van der Waals surface area contributed by atoms with E-state index in [0.717, 1.165) is 10.2 Å². The van der Waals surface area contributed by atoms with Crippen molar-refractivity contribution in [3.05, 3.63) is 15.9 Å². The third-order valence-electron chi connectivity index (χ3n) is 1.26. The first-order chi connectivity index (χ1) is 4.66. The van der Waals surface area contributed by atoms with Crippen LogP contribution in [0.25, 0.3) is 0 Å². The van der Waals surface area contributed by atoms with Crippen LogP contribution in [0.1, 0.15) is 11.4 Å². The fourth-order valence-electron chi connectivity index (χ4n) is 0.754. The van der Waals surface area contributed by atoms with Gasteiger partial charge in [0.05, 0.1) is 10.2 Å². The molecule has 1 aromatic rings. The van der Waals surface area contributed by atoms with Crippen molar-refractivity contribution in [1.29, 1.82) is 5.26 Å². The predicted molar refractivity (Wildman–Crippen MR) is 40.4 cm³/mol. The fourth-order valence-corrected chi connectivity index (χ4v) is 1.18. The van der Waals surface area contributed by atoms with Crippen molar-refractivity contribution in [2.75, 3.05) is 0 Å². The van der Waals surface area contributed by atoms with E-state index >= 15 is 0 Å². The molecule has 0 radical (unpaired) electrons. The molecule has 0 aliphatic rings. The van der Waals surface area contributed by atoms with Crippen molar-refractivity contribution in [3.8, 4) is 6.07 Å². The zero-order chi connectivity index (χ0) is 7.72. The highest BCUT2D eigenvalue weighted by atomic mass is 79.9. The molecule has 1 rings (SSSR count). The monoisotopic (exact) mass is 199 g/mol. The summed E-state index contributed by atoms with van der Waals surface area (Å²) in [7, 11) is 1.75. The summed E-state index contributed by atoms with van der Waals surface area (Å²) >= 11 is 3.26. The van der Waals surface area contributed by atoms with E-state index < -0.39 is 0 Å². The van der Waals surface area contributed by atoms with Crippen LogP contribution in [0.15, 0.2) is 4.47 Å². The maximum atomic E-state index is 8.57. The van der Waals surface area contributed by atoms with Gasteiger partial charge in [0, 0.05) is 7.05 Å². The van der Waals surface area contributed by atoms with Gasteiger partial charge in [-0.1, -0.05) is 0 Å². The van der Waals surface area contributed by atoms with Gasteiger partial charge in [0.15, 0.2) is 5.69 Å². The summed E-state index contributed by atoms with van der Waals surface area (Å²) in [5.74, 6) is 0. The first-order valence-electron chi connectivity index (χ1n) is 2.76. The lowest BCUT2D eigenvalue weighted by molar-refractivity contribution is 0.745. The molecule has 0 saturated heterocycles. The van der Waals surface area contributed by atoms with Crippen molar-refractivity contribution >= 4 is 15.9 Å². The Morgan fingerprint density at radius 1 is 1.70 bits per heavy atom. The van der Waals surface area contributed by atoms with Crippen LogP contribution in [0.3, 0.4) is 0 Å². The average molecular weight is 200 g/mol. The maximum Gasteiger partial charge on any atom is 0.152 e. The van der Waals surface area contributed by atoms with Gasteiger partial charge in [0.25, 0.3) is 0 Å². The van der Waals surface area contributed by atoms with Gasteiger partial charge in [-0.25, -0.2) is 0 Å². The highest BCUT2D eigenvalue weighted by Crippen LogP contribution is 2.18. The van der Waals surface area contributed by atoms with Gasteiger partial charge in [0.2, 0.25) is 0 Å². The summed E-state index contributed by atoms with van der Waals surface area (Å²) in [6.07, 6.45) is 0. The average Bonchev–Trinajstić information content (AvgIpc) is 2.09. The molecular formula is C6H6BrN3. The van der Waals surface area contributed by atoms with Gasteiger partial charge in [-0.3, -0.25) is 4.68 Å². The Hall–Kier alpha value is -0.820. The quantitative estimate of drug-likeness (QED) is 0.634. The van der Waals surface area contributed by atoms with Crippen molar-refractivity contribution in [1.82, 2.24) is 9.78 Å². The first-order valence-corrected chi connectivity index (χ1v) is 3.55. The molecular weight excluding hydrogens is 194 g/mol. The Balaban J connectivity index is 3.37. The summed E-state index contributed by atoms with van der Waals surface area (Å²) in [6.45, 7) is 1.85. The van der Waals surface area contributed by atoms with E-state index in [-0.39, 0.29) is 0 Å². The minimum Gasteiger partial charge on any atom is -0.257 e. The topological polar surface area (TPSA) is 41.6 Å². The van der Waals surface area contributed by atoms with Crippen LogP contribution in [0, 0.1) is 18.3 Å². The largest absolute Gasteiger partial charge is 0.257 e. The molecule has 1 heterocycles. The molecule has 10 heavy (non-hydrogen) atoms. The second-order valence-corrected chi connectivity index (χ2v) is 2.78. The van der Waals surface area contributed by atoms with E-state index in [1.54, 1.807) is 11.7 Å². The van der Waals surface area contributed by atoms with Crippen molar-refractivity contribution in [2.45, 2.75) is 6.92 Å². The Morgan fingerprint density at radius 2 is 2.30 bits per heavy atom. The Morgan fingerprint density at radius 3 is 2.50 bits per heavy atom. The van der Waals surface area contributed by atoms with E-state index in [4.69, 9.17) is 5.26 Å². The zero-order valence-electron chi connectivity index (χ0n) is 5.72. The summed E-state index contributed by atoms with van der Waals surface area (Å²) in [5.41, 5.74) is 1.41.